The highest BCUT2D eigenvalue weighted by Crippen LogP contribution is 2.32. The molecule has 0 spiro atoms. The predicted molar refractivity (Wildman–Crippen MR) is 72.9 cm³/mol. The summed E-state index contributed by atoms with van der Waals surface area (Å²) in [6.07, 6.45) is 7.44. The van der Waals surface area contributed by atoms with Gasteiger partial charge in [-0.15, -0.1) is 0 Å². The Morgan fingerprint density at radius 2 is 2.18 bits per heavy atom. The lowest BCUT2D eigenvalue weighted by atomic mass is 10.0. The average molecular weight is 233 g/mol. The maximum absolute atomic E-state index is 5.89. The lowest BCUT2D eigenvalue weighted by Gasteiger charge is -2.21. The minimum absolute atomic E-state index is 0.845. The van der Waals surface area contributed by atoms with Crippen molar-refractivity contribution in [2.24, 2.45) is 0 Å². The van der Waals surface area contributed by atoms with Gasteiger partial charge in [-0.25, -0.2) is 0 Å². The summed E-state index contributed by atoms with van der Waals surface area (Å²) in [5.41, 5.74) is 2.64. The van der Waals surface area contributed by atoms with Crippen LogP contribution in [0.5, 0.6) is 5.75 Å². The molecule has 1 aromatic carbocycles. The van der Waals surface area contributed by atoms with Crippen molar-refractivity contribution in [2.75, 3.05) is 18.5 Å². The monoisotopic (exact) mass is 233 g/mol. The van der Waals surface area contributed by atoms with Crippen molar-refractivity contribution >= 4 is 5.69 Å². The standard InChI is InChI=1S/C15H23NO/c1-2-3-4-5-12-17-14-10-6-8-13-9-7-11-16-15(13)14/h6,8,10,16H,2-5,7,9,11-12H2,1H3. The minimum atomic E-state index is 0.845. The molecule has 0 saturated carbocycles. The summed E-state index contributed by atoms with van der Waals surface area (Å²) in [5.74, 6) is 1.04. The first-order valence-electron chi connectivity index (χ1n) is 6.90. The molecule has 0 atom stereocenters. The van der Waals surface area contributed by atoms with E-state index in [9.17, 15) is 0 Å². The van der Waals surface area contributed by atoms with Crippen LogP contribution in [-0.4, -0.2) is 13.2 Å². The third kappa shape index (κ3) is 3.39. The van der Waals surface area contributed by atoms with Gasteiger partial charge in [0.1, 0.15) is 5.75 Å². The molecule has 0 bridgehead atoms. The van der Waals surface area contributed by atoms with Gasteiger partial charge in [-0.3, -0.25) is 0 Å². The molecule has 0 unspecified atom stereocenters. The van der Waals surface area contributed by atoms with E-state index in [0.717, 1.165) is 25.3 Å². The van der Waals surface area contributed by atoms with E-state index in [-0.39, 0.29) is 0 Å². The van der Waals surface area contributed by atoms with Gasteiger partial charge >= 0.3 is 0 Å². The van der Waals surface area contributed by atoms with Crippen molar-refractivity contribution in [1.82, 2.24) is 0 Å². The first-order valence-corrected chi connectivity index (χ1v) is 6.90. The second-order valence-electron chi connectivity index (χ2n) is 4.73. The van der Waals surface area contributed by atoms with Crippen LogP contribution in [0.15, 0.2) is 18.2 Å². The number of rotatable bonds is 6. The van der Waals surface area contributed by atoms with E-state index in [2.05, 4.69) is 30.4 Å². The molecule has 0 fully saturated rings. The molecule has 2 rings (SSSR count). The first kappa shape index (κ1) is 12.3. The van der Waals surface area contributed by atoms with Gasteiger partial charge in [-0.05, 0) is 30.9 Å². The molecule has 0 aliphatic carbocycles. The number of anilines is 1. The highest BCUT2D eigenvalue weighted by Gasteiger charge is 2.12. The van der Waals surface area contributed by atoms with Crippen molar-refractivity contribution in [1.29, 1.82) is 0 Å². The van der Waals surface area contributed by atoms with Gasteiger partial charge in [0, 0.05) is 6.54 Å². The number of hydrogen-bond donors (Lipinski definition) is 1. The Morgan fingerprint density at radius 1 is 1.24 bits per heavy atom. The van der Waals surface area contributed by atoms with Crippen LogP contribution in [0, 0.1) is 0 Å². The molecule has 1 heterocycles. The molecule has 17 heavy (non-hydrogen) atoms. The lowest BCUT2D eigenvalue weighted by Crippen LogP contribution is -2.13. The Kier molecular flexibility index (Phi) is 4.72. The van der Waals surface area contributed by atoms with Crippen LogP contribution >= 0.6 is 0 Å². The molecule has 0 radical (unpaired) electrons. The molecule has 1 aliphatic heterocycles. The Balaban J connectivity index is 1.87. The Labute approximate surface area is 104 Å². The summed E-state index contributed by atoms with van der Waals surface area (Å²) in [7, 11) is 0. The minimum Gasteiger partial charge on any atom is -0.491 e. The molecular formula is C15H23NO. The van der Waals surface area contributed by atoms with Crippen LogP contribution in [0.25, 0.3) is 0 Å². The zero-order chi connectivity index (χ0) is 11.9. The smallest absolute Gasteiger partial charge is 0.142 e. The van der Waals surface area contributed by atoms with Gasteiger partial charge in [-0.2, -0.15) is 0 Å². The van der Waals surface area contributed by atoms with Gasteiger partial charge in [0.05, 0.1) is 12.3 Å². The molecule has 1 aliphatic rings. The number of para-hydroxylation sites is 1. The zero-order valence-electron chi connectivity index (χ0n) is 10.8. The highest BCUT2D eigenvalue weighted by molar-refractivity contribution is 5.63. The van der Waals surface area contributed by atoms with E-state index in [1.165, 1.54) is 43.4 Å². The number of unbranched alkanes of at least 4 members (excludes halogenated alkanes) is 3. The van der Waals surface area contributed by atoms with Gasteiger partial charge in [-0.1, -0.05) is 38.3 Å². The van der Waals surface area contributed by atoms with Gasteiger partial charge in [0.15, 0.2) is 0 Å². The third-order valence-corrected chi connectivity index (χ3v) is 3.29. The van der Waals surface area contributed by atoms with Crippen LogP contribution in [-0.2, 0) is 6.42 Å². The Hall–Kier alpha value is -1.18. The second kappa shape index (κ2) is 6.53. The normalized spacial score (nSPS) is 13.9. The maximum Gasteiger partial charge on any atom is 0.142 e. The number of ether oxygens (including phenoxy) is 1. The van der Waals surface area contributed by atoms with E-state index in [1.807, 2.05) is 0 Å². The summed E-state index contributed by atoms with van der Waals surface area (Å²) < 4.78 is 5.89. The summed E-state index contributed by atoms with van der Waals surface area (Å²) in [5, 5.41) is 3.46. The van der Waals surface area contributed by atoms with Crippen molar-refractivity contribution in [3.63, 3.8) is 0 Å². The van der Waals surface area contributed by atoms with Crippen LogP contribution in [0.4, 0.5) is 5.69 Å². The summed E-state index contributed by atoms with van der Waals surface area (Å²) >= 11 is 0. The topological polar surface area (TPSA) is 21.3 Å². The average Bonchev–Trinajstić information content (AvgIpc) is 2.39. The fourth-order valence-electron chi connectivity index (χ4n) is 2.31. The number of aryl methyl sites for hydroxylation is 1. The number of nitrogens with one attached hydrogen (secondary N) is 1. The number of fused-ring (bicyclic) bond motifs is 1. The summed E-state index contributed by atoms with van der Waals surface area (Å²) in [6.45, 7) is 4.15. The molecule has 1 aromatic rings. The van der Waals surface area contributed by atoms with Gasteiger partial charge < -0.3 is 10.1 Å². The van der Waals surface area contributed by atoms with Crippen LogP contribution < -0.4 is 10.1 Å². The molecular weight excluding hydrogens is 210 g/mol. The lowest BCUT2D eigenvalue weighted by molar-refractivity contribution is 0.306. The van der Waals surface area contributed by atoms with E-state index < -0.39 is 0 Å². The van der Waals surface area contributed by atoms with Crippen LogP contribution in [0.2, 0.25) is 0 Å². The number of benzene rings is 1. The molecule has 0 amide bonds. The van der Waals surface area contributed by atoms with E-state index in [0.29, 0.717) is 0 Å². The van der Waals surface area contributed by atoms with E-state index in [4.69, 9.17) is 4.74 Å². The van der Waals surface area contributed by atoms with Crippen molar-refractivity contribution in [2.45, 2.75) is 45.4 Å². The Morgan fingerprint density at radius 3 is 3.06 bits per heavy atom. The predicted octanol–water partition coefficient (Wildman–Crippen LogP) is 4.00. The second-order valence-corrected chi connectivity index (χ2v) is 4.73. The summed E-state index contributed by atoms with van der Waals surface area (Å²) in [6, 6.07) is 6.38. The van der Waals surface area contributed by atoms with Crippen molar-refractivity contribution in [3.05, 3.63) is 23.8 Å². The van der Waals surface area contributed by atoms with Crippen LogP contribution in [0.1, 0.15) is 44.6 Å². The first-order chi connectivity index (χ1) is 8.42. The van der Waals surface area contributed by atoms with Crippen molar-refractivity contribution in [3.8, 4) is 5.75 Å². The molecule has 2 heteroatoms. The van der Waals surface area contributed by atoms with Gasteiger partial charge in [0.25, 0.3) is 0 Å². The molecule has 0 saturated heterocycles. The molecule has 94 valence electrons. The highest BCUT2D eigenvalue weighted by atomic mass is 16.5. The third-order valence-electron chi connectivity index (χ3n) is 3.29. The van der Waals surface area contributed by atoms with E-state index in [1.54, 1.807) is 0 Å². The van der Waals surface area contributed by atoms with Crippen LogP contribution in [0.3, 0.4) is 0 Å². The zero-order valence-corrected chi connectivity index (χ0v) is 10.8. The number of hydrogen-bond acceptors (Lipinski definition) is 2. The maximum atomic E-state index is 5.89. The largest absolute Gasteiger partial charge is 0.491 e. The molecule has 1 N–H and O–H groups in total. The fraction of sp³-hybridized carbons (Fsp3) is 0.600. The van der Waals surface area contributed by atoms with Crippen molar-refractivity contribution < 1.29 is 4.74 Å². The molecule has 2 nitrogen and oxygen atoms in total. The molecule has 0 aromatic heterocycles. The van der Waals surface area contributed by atoms with E-state index >= 15 is 0 Å². The summed E-state index contributed by atoms with van der Waals surface area (Å²) in [4.78, 5) is 0. The van der Waals surface area contributed by atoms with Gasteiger partial charge in [0.2, 0.25) is 0 Å². The quantitative estimate of drug-likeness (QED) is 0.750. The Bertz CT molecular complexity index is 349. The fourth-order valence-corrected chi connectivity index (χ4v) is 2.31. The SMILES string of the molecule is CCCCCCOc1cccc2c1NCCC2.